The third-order valence-electron chi connectivity index (χ3n) is 3.65. The summed E-state index contributed by atoms with van der Waals surface area (Å²) in [5, 5.41) is 9.03. The Kier molecular flexibility index (Phi) is 4.11. The predicted octanol–water partition coefficient (Wildman–Crippen LogP) is 0.345. The minimum atomic E-state index is -0.349. The minimum absolute atomic E-state index is 0.00287. The average Bonchev–Trinajstić information content (AvgIpc) is 2.75. The summed E-state index contributed by atoms with van der Waals surface area (Å²) in [4.78, 5) is 13.9. The largest absolute Gasteiger partial charge is 0.394 e. The van der Waals surface area contributed by atoms with Crippen LogP contribution in [0.15, 0.2) is 0 Å². The Bertz CT molecular complexity index is 225. The van der Waals surface area contributed by atoms with Crippen molar-refractivity contribution in [3.8, 4) is 0 Å². The number of amides is 1. The van der Waals surface area contributed by atoms with Crippen molar-refractivity contribution in [2.45, 2.75) is 38.6 Å². The maximum atomic E-state index is 12.2. The lowest BCUT2D eigenvalue weighted by atomic mass is 9.84. The number of nitrogens with zero attached hydrogens (tertiary/aromatic N) is 1. The maximum absolute atomic E-state index is 12.2. The second-order valence-corrected chi connectivity index (χ2v) is 4.64. The molecule has 1 unspecified atom stereocenters. The lowest BCUT2D eigenvalue weighted by molar-refractivity contribution is -0.142. The predicted molar refractivity (Wildman–Crippen MR) is 59.3 cm³/mol. The van der Waals surface area contributed by atoms with Gasteiger partial charge in [-0.25, -0.2) is 0 Å². The van der Waals surface area contributed by atoms with Crippen LogP contribution in [0.2, 0.25) is 0 Å². The van der Waals surface area contributed by atoms with Crippen molar-refractivity contribution in [3.05, 3.63) is 0 Å². The molecule has 1 atom stereocenters. The van der Waals surface area contributed by atoms with Gasteiger partial charge >= 0.3 is 0 Å². The second-order valence-electron chi connectivity index (χ2n) is 4.64. The number of likely N-dealkylation sites (N-methyl/N-ethyl adjacent to an activating group) is 1. The molecule has 1 rings (SSSR count). The van der Waals surface area contributed by atoms with Gasteiger partial charge in [-0.3, -0.25) is 4.79 Å². The Morgan fingerprint density at radius 1 is 1.53 bits per heavy atom. The van der Waals surface area contributed by atoms with E-state index in [1.54, 1.807) is 11.9 Å². The van der Waals surface area contributed by atoms with Gasteiger partial charge in [-0.15, -0.1) is 0 Å². The minimum Gasteiger partial charge on any atom is -0.394 e. The highest BCUT2D eigenvalue weighted by molar-refractivity contribution is 5.83. The van der Waals surface area contributed by atoms with E-state index >= 15 is 0 Å². The van der Waals surface area contributed by atoms with Gasteiger partial charge in [0.05, 0.1) is 18.1 Å². The van der Waals surface area contributed by atoms with E-state index in [0.717, 1.165) is 25.7 Å². The molecule has 1 fully saturated rings. The highest BCUT2D eigenvalue weighted by atomic mass is 16.3. The van der Waals surface area contributed by atoms with E-state index in [1.165, 1.54) is 0 Å². The highest BCUT2D eigenvalue weighted by Gasteiger charge is 2.42. The molecule has 88 valence electrons. The fraction of sp³-hybridized carbons (Fsp3) is 0.909. The normalized spacial score (nSPS) is 21.3. The van der Waals surface area contributed by atoms with Gasteiger partial charge in [0.1, 0.15) is 0 Å². The molecular weight excluding hydrogens is 192 g/mol. The molecule has 0 radical (unpaired) electrons. The molecule has 0 aromatic rings. The maximum Gasteiger partial charge on any atom is 0.230 e. The number of aliphatic hydroxyl groups is 1. The molecule has 0 bridgehead atoms. The number of carbonyl (C=O) groups is 1. The zero-order chi connectivity index (χ0) is 11.5. The van der Waals surface area contributed by atoms with Crippen LogP contribution in [-0.4, -0.2) is 42.2 Å². The summed E-state index contributed by atoms with van der Waals surface area (Å²) in [7, 11) is 1.75. The van der Waals surface area contributed by atoms with Gasteiger partial charge in [0.2, 0.25) is 5.91 Å². The molecule has 0 heterocycles. The third kappa shape index (κ3) is 2.32. The zero-order valence-electron chi connectivity index (χ0n) is 9.70. The fourth-order valence-corrected chi connectivity index (χ4v) is 2.25. The van der Waals surface area contributed by atoms with Crippen LogP contribution in [0.25, 0.3) is 0 Å². The summed E-state index contributed by atoms with van der Waals surface area (Å²) < 4.78 is 0. The molecule has 1 aliphatic rings. The lowest BCUT2D eigenvalue weighted by Gasteiger charge is -2.34. The summed E-state index contributed by atoms with van der Waals surface area (Å²) in [5.74, 6) is 0.101. The van der Waals surface area contributed by atoms with Crippen LogP contribution in [0, 0.1) is 5.41 Å². The van der Waals surface area contributed by atoms with Gasteiger partial charge in [0.15, 0.2) is 0 Å². The monoisotopic (exact) mass is 214 g/mol. The van der Waals surface area contributed by atoms with Crippen LogP contribution in [0.5, 0.6) is 0 Å². The molecule has 4 heteroatoms. The first kappa shape index (κ1) is 12.5. The smallest absolute Gasteiger partial charge is 0.230 e. The molecule has 15 heavy (non-hydrogen) atoms. The Morgan fingerprint density at radius 2 is 2.07 bits per heavy atom. The Hall–Kier alpha value is -0.610. The Balaban J connectivity index is 2.72. The quantitative estimate of drug-likeness (QED) is 0.709. The number of aliphatic hydroxyl groups excluding tert-OH is 1. The molecule has 0 aromatic carbocycles. The average molecular weight is 214 g/mol. The SMILES string of the molecule is CC(CO)N(C)C(=O)C1(CN)CCCC1. The Morgan fingerprint density at radius 3 is 2.47 bits per heavy atom. The standard InChI is InChI=1S/C11H22N2O2/c1-9(7-14)13(2)10(15)11(8-12)5-3-4-6-11/h9,14H,3-8,12H2,1-2H3. The topological polar surface area (TPSA) is 66.6 Å². The lowest BCUT2D eigenvalue weighted by Crippen LogP contribution is -2.49. The van der Waals surface area contributed by atoms with E-state index in [4.69, 9.17) is 10.8 Å². The summed E-state index contributed by atoms with van der Waals surface area (Å²) in [5.41, 5.74) is 5.39. The molecule has 3 N–H and O–H groups in total. The summed E-state index contributed by atoms with van der Waals surface area (Å²) >= 11 is 0. The van der Waals surface area contributed by atoms with Crippen molar-refractivity contribution in [1.82, 2.24) is 4.90 Å². The number of rotatable bonds is 4. The summed E-state index contributed by atoms with van der Waals surface area (Å²) in [6, 6.07) is -0.124. The van der Waals surface area contributed by atoms with E-state index < -0.39 is 0 Å². The van der Waals surface area contributed by atoms with Gasteiger partial charge in [-0.2, -0.15) is 0 Å². The van der Waals surface area contributed by atoms with Crippen LogP contribution in [0.4, 0.5) is 0 Å². The van der Waals surface area contributed by atoms with Crippen LogP contribution >= 0.6 is 0 Å². The molecule has 0 aromatic heterocycles. The second kappa shape index (κ2) is 4.94. The molecule has 1 aliphatic carbocycles. The summed E-state index contributed by atoms with van der Waals surface area (Å²) in [6.07, 6.45) is 3.96. The van der Waals surface area contributed by atoms with Gasteiger partial charge in [0.25, 0.3) is 0 Å². The molecule has 0 saturated heterocycles. The van der Waals surface area contributed by atoms with E-state index in [-0.39, 0.29) is 24.0 Å². The van der Waals surface area contributed by atoms with Crippen molar-refractivity contribution < 1.29 is 9.90 Å². The highest BCUT2D eigenvalue weighted by Crippen LogP contribution is 2.38. The molecule has 1 saturated carbocycles. The number of hydrogen-bond acceptors (Lipinski definition) is 3. The first-order chi connectivity index (χ1) is 7.07. The number of nitrogens with two attached hydrogens (primary N) is 1. The van der Waals surface area contributed by atoms with Gasteiger partial charge in [-0.1, -0.05) is 12.8 Å². The van der Waals surface area contributed by atoms with Gasteiger partial charge < -0.3 is 15.7 Å². The van der Waals surface area contributed by atoms with Crippen LogP contribution in [-0.2, 0) is 4.79 Å². The molecular formula is C11H22N2O2. The van der Waals surface area contributed by atoms with Crippen molar-refractivity contribution in [2.24, 2.45) is 11.1 Å². The Labute approximate surface area is 91.4 Å². The number of carbonyl (C=O) groups excluding carboxylic acids is 1. The summed E-state index contributed by atoms with van der Waals surface area (Å²) in [6.45, 7) is 2.27. The molecule has 0 aliphatic heterocycles. The van der Waals surface area contributed by atoms with Gasteiger partial charge in [-0.05, 0) is 19.8 Å². The van der Waals surface area contributed by atoms with Crippen LogP contribution in [0.1, 0.15) is 32.6 Å². The van der Waals surface area contributed by atoms with Crippen molar-refractivity contribution in [3.63, 3.8) is 0 Å². The number of hydrogen-bond donors (Lipinski definition) is 2. The van der Waals surface area contributed by atoms with E-state index in [2.05, 4.69) is 0 Å². The first-order valence-electron chi connectivity index (χ1n) is 5.65. The molecule has 4 nitrogen and oxygen atoms in total. The van der Waals surface area contributed by atoms with E-state index in [9.17, 15) is 4.79 Å². The zero-order valence-corrected chi connectivity index (χ0v) is 9.70. The fourth-order valence-electron chi connectivity index (χ4n) is 2.25. The third-order valence-corrected chi connectivity index (χ3v) is 3.65. The van der Waals surface area contributed by atoms with Gasteiger partial charge in [0, 0.05) is 13.6 Å². The van der Waals surface area contributed by atoms with Crippen molar-refractivity contribution >= 4 is 5.91 Å². The first-order valence-corrected chi connectivity index (χ1v) is 5.65. The molecule has 0 spiro atoms. The van der Waals surface area contributed by atoms with Crippen molar-refractivity contribution in [2.75, 3.05) is 20.2 Å². The van der Waals surface area contributed by atoms with Crippen molar-refractivity contribution in [1.29, 1.82) is 0 Å². The van der Waals surface area contributed by atoms with Crippen LogP contribution in [0.3, 0.4) is 0 Å². The van der Waals surface area contributed by atoms with E-state index in [1.807, 2.05) is 6.92 Å². The van der Waals surface area contributed by atoms with Crippen LogP contribution < -0.4 is 5.73 Å². The molecule has 1 amide bonds. The van der Waals surface area contributed by atoms with E-state index in [0.29, 0.717) is 6.54 Å².